The van der Waals surface area contributed by atoms with Gasteiger partial charge in [0, 0.05) is 26.1 Å². The molecule has 0 saturated carbocycles. The second-order valence-electron chi connectivity index (χ2n) is 6.19. The summed E-state index contributed by atoms with van der Waals surface area (Å²) in [5, 5.41) is 8.84. The number of carboxylic acid groups (broad SMARTS) is 1. The third-order valence-electron chi connectivity index (χ3n) is 4.39. The van der Waals surface area contributed by atoms with Crippen LogP contribution in [0.5, 0.6) is 0 Å². The van der Waals surface area contributed by atoms with Crippen LogP contribution in [-0.2, 0) is 16.1 Å². The molecular formula is C20H22N2O3. The van der Waals surface area contributed by atoms with E-state index in [1.54, 1.807) is 4.90 Å². The molecular weight excluding hydrogens is 316 g/mol. The average molecular weight is 338 g/mol. The molecule has 0 saturated heterocycles. The van der Waals surface area contributed by atoms with Crippen molar-refractivity contribution < 1.29 is 14.7 Å². The van der Waals surface area contributed by atoms with E-state index in [0.717, 1.165) is 30.9 Å². The van der Waals surface area contributed by atoms with Crippen molar-refractivity contribution in [3.63, 3.8) is 0 Å². The van der Waals surface area contributed by atoms with E-state index in [2.05, 4.69) is 17.0 Å². The number of fused-ring (bicyclic) bond motifs is 1. The summed E-state index contributed by atoms with van der Waals surface area (Å²) in [5.41, 5.74) is 3.11. The van der Waals surface area contributed by atoms with Crippen LogP contribution in [0, 0.1) is 0 Å². The number of nitrogens with zero attached hydrogens (tertiary/aromatic N) is 2. The number of anilines is 2. The third-order valence-corrected chi connectivity index (χ3v) is 4.39. The first-order valence-electron chi connectivity index (χ1n) is 8.55. The maximum atomic E-state index is 12.5. The smallest absolute Gasteiger partial charge is 0.303 e. The SMILES string of the molecule is O=C(O)CCC(=O)N1CCCN(Cc2ccccc2)c2ccccc21. The fourth-order valence-electron chi connectivity index (χ4n) is 3.20. The standard InChI is InChI=1S/C20H22N2O3/c23-19(11-12-20(24)25)22-14-6-13-21(15-16-7-2-1-3-8-16)17-9-4-5-10-18(17)22/h1-5,7-10H,6,11-15H2,(H,24,25). The van der Waals surface area contributed by atoms with E-state index in [9.17, 15) is 9.59 Å². The molecule has 1 N–H and O–H groups in total. The molecule has 1 amide bonds. The number of hydrogen-bond acceptors (Lipinski definition) is 3. The monoisotopic (exact) mass is 338 g/mol. The number of amides is 1. The lowest BCUT2D eigenvalue weighted by Gasteiger charge is -2.27. The minimum atomic E-state index is -0.942. The zero-order valence-electron chi connectivity index (χ0n) is 14.1. The number of benzene rings is 2. The molecule has 3 rings (SSSR count). The summed E-state index contributed by atoms with van der Waals surface area (Å²) < 4.78 is 0. The number of hydrogen-bond donors (Lipinski definition) is 1. The minimum absolute atomic E-state index is 0.0301. The van der Waals surface area contributed by atoms with Crippen LogP contribution in [0.25, 0.3) is 0 Å². The Bertz CT molecular complexity index is 746. The van der Waals surface area contributed by atoms with Crippen LogP contribution in [0.15, 0.2) is 54.6 Å². The van der Waals surface area contributed by atoms with Crippen molar-refractivity contribution in [2.45, 2.75) is 25.8 Å². The molecule has 0 aromatic heterocycles. The van der Waals surface area contributed by atoms with Crippen LogP contribution < -0.4 is 9.80 Å². The molecule has 5 heteroatoms. The van der Waals surface area contributed by atoms with Gasteiger partial charge in [-0.05, 0) is 24.1 Å². The van der Waals surface area contributed by atoms with E-state index in [-0.39, 0.29) is 18.7 Å². The fourth-order valence-corrected chi connectivity index (χ4v) is 3.20. The molecule has 0 spiro atoms. The van der Waals surface area contributed by atoms with Crippen molar-refractivity contribution in [1.29, 1.82) is 0 Å². The zero-order valence-corrected chi connectivity index (χ0v) is 14.1. The maximum Gasteiger partial charge on any atom is 0.303 e. The number of carbonyl (C=O) groups excluding carboxylic acids is 1. The lowest BCUT2D eigenvalue weighted by Crippen LogP contribution is -2.31. The van der Waals surface area contributed by atoms with E-state index in [0.29, 0.717) is 6.54 Å². The molecule has 0 unspecified atom stereocenters. The van der Waals surface area contributed by atoms with Gasteiger partial charge in [0.2, 0.25) is 5.91 Å². The van der Waals surface area contributed by atoms with Crippen molar-refractivity contribution in [2.75, 3.05) is 22.9 Å². The minimum Gasteiger partial charge on any atom is -0.481 e. The molecule has 0 radical (unpaired) electrons. The Balaban J connectivity index is 1.85. The van der Waals surface area contributed by atoms with Gasteiger partial charge < -0.3 is 14.9 Å². The Kier molecular flexibility index (Phi) is 5.33. The molecule has 0 atom stereocenters. The first kappa shape index (κ1) is 17.0. The third kappa shape index (κ3) is 4.18. The highest BCUT2D eigenvalue weighted by Gasteiger charge is 2.24. The number of rotatable bonds is 5. The van der Waals surface area contributed by atoms with E-state index < -0.39 is 5.97 Å². The second-order valence-corrected chi connectivity index (χ2v) is 6.19. The van der Waals surface area contributed by atoms with Crippen molar-refractivity contribution in [2.24, 2.45) is 0 Å². The highest BCUT2D eigenvalue weighted by Crippen LogP contribution is 2.33. The number of carboxylic acids is 1. The van der Waals surface area contributed by atoms with Crippen molar-refractivity contribution in [1.82, 2.24) is 0 Å². The normalized spacial score (nSPS) is 13.9. The highest BCUT2D eigenvalue weighted by atomic mass is 16.4. The summed E-state index contributed by atoms with van der Waals surface area (Å²) in [6.07, 6.45) is 0.744. The van der Waals surface area contributed by atoms with Crippen LogP contribution in [0.1, 0.15) is 24.8 Å². The van der Waals surface area contributed by atoms with Gasteiger partial charge in [0.1, 0.15) is 0 Å². The Hall–Kier alpha value is -2.82. The summed E-state index contributed by atoms with van der Waals surface area (Å²) in [6, 6.07) is 18.1. The Morgan fingerprint density at radius 1 is 0.880 bits per heavy atom. The lowest BCUT2D eigenvalue weighted by atomic mass is 10.1. The predicted molar refractivity (Wildman–Crippen MR) is 97.8 cm³/mol. The number of para-hydroxylation sites is 2. The summed E-state index contributed by atoms with van der Waals surface area (Å²) in [5.74, 6) is -1.07. The first-order valence-corrected chi connectivity index (χ1v) is 8.55. The summed E-state index contributed by atoms with van der Waals surface area (Å²) in [7, 11) is 0. The molecule has 130 valence electrons. The van der Waals surface area contributed by atoms with Gasteiger partial charge >= 0.3 is 5.97 Å². The van der Waals surface area contributed by atoms with E-state index in [1.807, 2.05) is 42.5 Å². The Labute approximate surface area is 147 Å². The Morgan fingerprint density at radius 3 is 2.28 bits per heavy atom. The summed E-state index contributed by atoms with van der Waals surface area (Å²) >= 11 is 0. The van der Waals surface area contributed by atoms with Crippen LogP contribution >= 0.6 is 0 Å². The van der Waals surface area contributed by atoms with Crippen LogP contribution in [0.3, 0.4) is 0 Å². The highest BCUT2D eigenvalue weighted by molar-refractivity contribution is 5.98. The summed E-state index contributed by atoms with van der Waals surface area (Å²) in [4.78, 5) is 27.3. The van der Waals surface area contributed by atoms with Crippen LogP contribution in [0.2, 0.25) is 0 Å². The maximum absolute atomic E-state index is 12.5. The van der Waals surface area contributed by atoms with Crippen molar-refractivity contribution >= 4 is 23.3 Å². The quantitative estimate of drug-likeness (QED) is 0.909. The number of carbonyl (C=O) groups is 2. The van der Waals surface area contributed by atoms with Gasteiger partial charge in [-0.15, -0.1) is 0 Å². The van der Waals surface area contributed by atoms with Gasteiger partial charge in [0.15, 0.2) is 0 Å². The van der Waals surface area contributed by atoms with E-state index in [1.165, 1.54) is 5.56 Å². The molecule has 1 aliphatic heterocycles. The summed E-state index contributed by atoms with van der Waals surface area (Å²) in [6.45, 7) is 2.25. The molecule has 25 heavy (non-hydrogen) atoms. The molecule has 2 aromatic carbocycles. The largest absolute Gasteiger partial charge is 0.481 e. The van der Waals surface area contributed by atoms with Crippen LogP contribution in [-0.4, -0.2) is 30.1 Å². The van der Waals surface area contributed by atoms with Crippen molar-refractivity contribution in [3.8, 4) is 0 Å². The Morgan fingerprint density at radius 2 is 1.56 bits per heavy atom. The predicted octanol–water partition coefficient (Wildman–Crippen LogP) is 3.29. The van der Waals surface area contributed by atoms with Gasteiger partial charge in [0.25, 0.3) is 0 Å². The molecule has 1 aliphatic rings. The molecule has 5 nitrogen and oxygen atoms in total. The molecule has 0 aliphatic carbocycles. The first-order chi connectivity index (χ1) is 12.1. The second kappa shape index (κ2) is 7.83. The average Bonchev–Trinajstić information content (AvgIpc) is 2.81. The van der Waals surface area contributed by atoms with Gasteiger partial charge in [-0.25, -0.2) is 0 Å². The van der Waals surface area contributed by atoms with Crippen LogP contribution in [0.4, 0.5) is 11.4 Å². The van der Waals surface area contributed by atoms with Gasteiger partial charge in [0.05, 0.1) is 17.8 Å². The lowest BCUT2D eigenvalue weighted by molar-refractivity contribution is -0.138. The molecule has 2 aromatic rings. The van der Waals surface area contributed by atoms with Gasteiger partial charge in [-0.1, -0.05) is 42.5 Å². The van der Waals surface area contributed by atoms with Gasteiger partial charge in [-0.3, -0.25) is 9.59 Å². The molecule has 1 heterocycles. The van der Waals surface area contributed by atoms with Crippen molar-refractivity contribution in [3.05, 3.63) is 60.2 Å². The van der Waals surface area contributed by atoms with E-state index in [4.69, 9.17) is 5.11 Å². The fraction of sp³-hybridized carbons (Fsp3) is 0.300. The van der Waals surface area contributed by atoms with Gasteiger partial charge in [-0.2, -0.15) is 0 Å². The number of aliphatic carboxylic acids is 1. The zero-order chi connectivity index (χ0) is 17.6. The van der Waals surface area contributed by atoms with E-state index >= 15 is 0 Å². The molecule has 0 bridgehead atoms. The topological polar surface area (TPSA) is 60.9 Å². The molecule has 0 fully saturated rings.